The van der Waals surface area contributed by atoms with Crippen molar-refractivity contribution in [3.63, 3.8) is 0 Å². The fourth-order valence-corrected chi connectivity index (χ4v) is 7.34. The number of hydrogen-bond acceptors (Lipinski definition) is 12. The van der Waals surface area contributed by atoms with Crippen LogP contribution >= 0.6 is 22.9 Å². The second-order valence-corrected chi connectivity index (χ2v) is 15.0. The number of nitrogens with zero attached hydrogens (tertiary/aromatic N) is 3. The van der Waals surface area contributed by atoms with E-state index in [1.165, 1.54) is 25.2 Å². The molecule has 2 aromatic rings. The molecule has 12 nitrogen and oxygen atoms in total. The average molecular weight is 694 g/mol. The van der Waals surface area contributed by atoms with E-state index in [9.17, 15) is 23.4 Å². The van der Waals surface area contributed by atoms with Crippen LogP contribution in [0.5, 0.6) is 5.75 Å². The second-order valence-electron chi connectivity index (χ2n) is 12.2. The van der Waals surface area contributed by atoms with Crippen molar-refractivity contribution in [2.75, 3.05) is 18.7 Å². The van der Waals surface area contributed by atoms with Crippen molar-refractivity contribution in [3.8, 4) is 5.75 Å². The number of aryl methyl sites for hydroxylation is 1. The van der Waals surface area contributed by atoms with Gasteiger partial charge in [0, 0.05) is 28.5 Å². The fourth-order valence-electron chi connectivity index (χ4n) is 4.64. The third kappa shape index (κ3) is 7.84. The Morgan fingerprint density at radius 1 is 1.15 bits per heavy atom. The molecule has 1 aromatic carbocycles. The lowest BCUT2D eigenvalue weighted by Crippen LogP contribution is -2.66. The van der Waals surface area contributed by atoms with Crippen molar-refractivity contribution in [3.05, 3.63) is 57.2 Å². The van der Waals surface area contributed by atoms with E-state index in [0.717, 1.165) is 4.90 Å². The van der Waals surface area contributed by atoms with E-state index in [1.807, 2.05) is 0 Å². The Hall–Kier alpha value is -3.62. The van der Waals surface area contributed by atoms with Gasteiger partial charge in [-0.2, -0.15) is 0 Å². The maximum Gasteiger partial charge on any atom is 0.355 e. The first-order valence-electron chi connectivity index (χ1n) is 14.3. The number of ether oxygens (including phenoxy) is 3. The van der Waals surface area contributed by atoms with Gasteiger partial charge in [0.1, 0.15) is 34.7 Å². The summed E-state index contributed by atoms with van der Waals surface area (Å²) < 4.78 is 29.3. The minimum absolute atomic E-state index is 0.0605. The van der Waals surface area contributed by atoms with Crippen LogP contribution in [0.15, 0.2) is 46.1 Å². The van der Waals surface area contributed by atoms with E-state index in [4.69, 9.17) is 30.6 Å². The SMILES string of the molecule is COc1ccc(COC(=O)C2=C(CCl)C[S@](=O)C3[C@H](CC(=O)/C(=N\OC(C)(C)C(=O)OC(C)(C)C)c4csc(C)n4)C(=O)N23)cc1. The van der Waals surface area contributed by atoms with Crippen molar-refractivity contribution in [1.29, 1.82) is 0 Å². The van der Waals surface area contributed by atoms with Crippen molar-refractivity contribution in [2.45, 2.75) is 71.1 Å². The fraction of sp³-hybridized carbons (Fsp3) is 0.484. The molecule has 1 amide bonds. The minimum Gasteiger partial charge on any atom is -0.497 e. The van der Waals surface area contributed by atoms with Crippen LogP contribution in [0.4, 0.5) is 0 Å². The van der Waals surface area contributed by atoms with E-state index in [0.29, 0.717) is 21.9 Å². The summed E-state index contributed by atoms with van der Waals surface area (Å²) in [7, 11) is -0.111. The number of thiazole rings is 1. The van der Waals surface area contributed by atoms with Gasteiger partial charge >= 0.3 is 11.9 Å². The molecule has 0 aliphatic carbocycles. The lowest BCUT2D eigenvalue weighted by Gasteiger charge is -2.49. The van der Waals surface area contributed by atoms with Crippen LogP contribution in [0.2, 0.25) is 0 Å². The lowest BCUT2D eigenvalue weighted by atomic mass is 9.89. The molecule has 4 rings (SSSR count). The van der Waals surface area contributed by atoms with Gasteiger partial charge in [-0.05, 0) is 64.8 Å². The number of rotatable bonds is 12. The van der Waals surface area contributed by atoms with Crippen LogP contribution in [-0.2, 0) is 50.9 Å². The number of oxime groups is 1. The number of aromatic nitrogens is 1. The molecule has 0 bridgehead atoms. The number of alkyl halides is 1. The van der Waals surface area contributed by atoms with Gasteiger partial charge in [-0.25, -0.2) is 14.6 Å². The summed E-state index contributed by atoms with van der Waals surface area (Å²) >= 11 is 7.38. The van der Waals surface area contributed by atoms with Crippen molar-refractivity contribution < 1.29 is 42.4 Å². The topological polar surface area (TPSA) is 151 Å². The second kappa shape index (κ2) is 14.0. The molecular formula is C31H36ClN3O9S2. The lowest BCUT2D eigenvalue weighted by molar-refractivity contribution is -0.179. The van der Waals surface area contributed by atoms with Crippen LogP contribution in [0, 0.1) is 12.8 Å². The Kier molecular flexibility index (Phi) is 10.7. The molecule has 0 N–H and O–H groups in total. The van der Waals surface area contributed by atoms with Gasteiger partial charge in [0.05, 0.1) is 23.8 Å². The number of β-lactam (4-membered cyclic amide) rings is 1. The smallest absolute Gasteiger partial charge is 0.355 e. The summed E-state index contributed by atoms with van der Waals surface area (Å²) in [4.78, 5) is 64.1. The Morgan fingerprint density at radius 2 is 1.83 bits per heavy atom. The zero-order valence-electron chi connectivity index (χ0n) is 26.6. The van der Waals surface area contributed by atoms with Crippen molar-refractivity contribution >= 4 is 63.1 Å². The number of amides is 1. The standard InChI is InChI=1S/C31H36ClN3O9S2/c1-17-33-22(15-45-17)24(34-44-31(5,6)29(39)43-30(2,3)4)23(36)12-21-26(37)35-25(19(13-32)16-46(40)27(21)35)28(38)42-14-18-8-10-20(41-7)11-9-18/h8-11,15,21,27H,12-14,16H2,1-7H3/b34-24-/t21-,27?,46+/m1/s1. The van der Waals surface area contributed by atoms with Crippen LogP contribution in [0.1, 0.15) is 57.3 Å². The molecule has 248 valence electrons. The molecule has 0 saturated carbocycles. The first kappa shape index (κ1) is 35.2. The molecular weight excluding hydrogens is 658 g/mol. The summed E-state index contributed by atoms with van der Waals surface area (Å²) in [6.07, 6.45) is -0.387. The Bertz CT molecular complexity index is 1610. The summed E-state index contributed by atoms with van der Waals surface area (Å²) in [5.41, 5.74) is -1.39. The van der Waals surface area contributed by atoms with E-state index in [2.05, 4.69) is 10.1 Å². The Balaban J connectivity index is 1.53. The Labute approximate surface area is 278 Å². The highest BCUT2D eigenvalue weighted by molar-refractivity contribution is 7.86. The van der Waals surface area contributed by atoms with Gasteiger partial charge in [0.25, 0.3) is 0 Å². The number of carbonyl (C=O) groups excluding carboxylic acids is 4. The van der Waals surface area contributed by atoms with Crippen molar-refractivity contribution in [2.24, 2.45) is 11.1 Å². The third-order valence-electron chi connectivity index (χ3n) is 6.99. The van der Waals surface area contributed by atoms with E-state index in [1.54, 1.807) is 64.5 Å². The third-order valence-corrected chi connectivity index (χ3v) is 9.79. The highest BCUT2D eigenvalue weighted by Crippen LogP contribution is 2.41. The quantitative estimate of drug-likeness (QED) is 0.105. The molecule has 0 radical (unpaired) electrons. The predicted octanol–water partition coefficient (Wildman–Crippen LogP) is 4.04. The van der Waals surface area contributed by atoms with E-state index < -0.39 is 56.9 Å². The largest absolute Gasteiger partial charge is 0.497 e. The average Bonchev–Trinajstić information content (AvgIpc) is 3.42. The zero-order valence-corrected chi connectivity index (χ0v) is 29.0. The van der Waals surface area contributed by atoms with E-state index in [-0.39, 0.29) is 41.8 Å². The molecule has 1 unspecified atom stereocenters. The highest BCUT2D eigenvalue weighted by Gasteiger charge is 2.57. The number of methoxy groups -OCH3 is 1. The van der Waals surface area contributed by atoms with Gasteiger partial charge in [0.15, 0.2) is 11.5 Å². The molecule has 15 heteroatoms. The molecule has 3 atom stereocenters. The molecule has 1 aromatic heterocycles. The van der Waals surface area contributed by atoms with Crippen LogP contribution in [0.25, 0.3) is 0 Å². The Morgan fingerprint density at radius 3 is 2.39 bits per heavy atom. The molecule has 2 aliphatic rings. The summed E-state index contributed by atoms with van der Waals surface area (Å²) in [5.74, 6) is -3.24. The van der Waals surface area contributed by atoms with Gasteiger partial charge in [-0.1, -0.05) is 17.3 Å². The van der Waals surface area contributed by atoms with E-state index >= 15 is 0 Å². The maximum atomic E-state index is 13.7. The first-order valence-corrected chi connectivity index (χ1v) is 17.1. The van der Waals surface area contributed by atoms with Gasteiger partial charge in [-0.15, -0.1) is 22.9 Å². The highest BCUT2D eigenvalue weighted by atomic mass is 35.5. The number of fused-ring (bicyclic) bond motifs is 1. The number of hydrogen-bond donors (Lipinski definition) is 0. The summed E-state index contributed by atoms with van der Waals surface area (Å²) in [6, 6.07) is 6.92. The molecule has 1 fully saturated rings. The number of ketones is 1. The predicted molar refractivity (Wildman–Crippen MR) is 172 cm³/mol. The first-order chi connectivity index (χ1) is 21.6. The number of halogens is 1. The molecule has 1 saturated heterocycles. The van der Waals surface area contributed by atoms with Crippen molar-refractivity contribution in [1.82, 2.24) is 9.88 Å². The molecule has 2 aliphatic heterocycles. The molecule has 0 spiro atoms. The monoisotopic (exact) mass is 693 g/mol. The summed E-state index contributed by atoms with van der Waals surface area (Å²) in [5, 5.41) is 5.33. The van der Waals surface area contributed by atoms with Gasteiger partial charge in [0.2, 0.25) is 11.5 Å². The minimum atomic E-state index is -1.65. The molecule has 46 heavy (non-hydrogen) atoms. The number of carbonyl (C=O) groups is 4. The normalized spacial score (nSPS) is 20.1. The summed E-state index contributed by atoms with van der Waals surface area (Å²) in [6.45, 7) is 9.71. The van der Waals surface area contributed by atoms with Crippen LogP contribution in [-0.4, -0.2) is 78.8 Å². The zero-order chi connectivity index (χ0) is 34.0. The number of benzene rings is 1. The number of Topliss-reactive ketones (excluding diaryl/α,β-unsaturated/α-hetero) is 1. The van der Waals surface area contributed by atoms with Gasteiger partial charge < -0.3 is 19.0 Å². The number of esters is 2. The molecule has 3 heterocycles. The van der Waals surface area contributed by atoms with Crippen LogP contribution in [0.3, 0.4) is 0 Å². The maximum absolute atomic E-state index is 13.7. The van der Waals surface area contributed by atoms with Gasteiger partial charge in [-0.3, -0.25) is 18.7 Å². The van der Waals surface area contributed by atoms with Crippen LogP contribution < -0.4 is 4.74 Å².